The Balaban J connectivity index is 2.45. The maximum Gasteiger partial charge on any atom is 0.308 e. The van der Waals surface area contributed by atoms with Crippen molar-refractivity contribution in [2.24, 2.45) is 17.8 Å². The Morgan fingerprint density at radius 1 is 1.57 bits per heavy atom. The molecule has 80 valence electrons. The fraction of sp³-hybridized carbons (Fsp3) is 0.818. The Labute approximate surface area is 84.8 Å². The zero-order chi connectivity index (χ0) is 10.7. The minimum absolute atomic E-state index is 0.0825. The van der Waals surface area contributed by atoms with Gasteiger partial charge in [0.25, 0.3) is 0 Å². The zero-order valence-electron chi connectivity index (χ0n) is 9.08. The van der Waals surface area contributed by atoms with E-state index in [0.29, 0.717) is 12.2 Å². The van der Waals surface area contributed by atoms with Crippen molar-refractivity contribution in [3.05, 3.63) is 0 Å². The number of Topliss-reactive ketones (excluding diaryl/α,β-unsaturated/α-hetero) is 1. The van der Waals surface area contributed by atoms with Crippen LogP contribution in [0.1, 0.15) is 33.1 Å². The maximum absolute atomic E-state index is 11.6. The molecule has 1 aliphatic rings. The SMILES string of the molecule is COC(=O)[C@H](C)C[C@H]1CC[C@@H](C)C1=O. The highest BCUT2D eigenvalue weighted by molar-refractivity contribution is 5.85. The Morgan fingerprint density at radius 3 is 2.64 bits per heavy atom. The maximum atomic E-state index is 11.6. The van der Waals surface area contributed by atoms with Gasteiger partial charge in [-0.05, 0) is 19.3 Å². The molecule has 0 amide bonds. The first kappa shape index (κ1) is 11.2. The molecule has 3 nitrogen and oxygen atoms in total. The number of methoxy groups -OCH3 is 1. The van der Waals surface area contributed by atoms with Crippen LogP contribution in [0.4, 0.5) is 0 Å². The molecule has 0 aromatic rings. The normalized spacial score (nSPS) is 28.9. The third-order valence-corrected chi connectivity index (χ3v) is 3.08. The number of esters is 1. The van der Waals surface area contributed by atoms with Gasteiger partial charge in [-0.25, -0.2) is 0 Å². The summed E-state index contributed by atoms with van der Waals surface area (Å²) in [4.78, 5) is 22.8. The third kappa shape index (κ3) is 2.34. The van der Waals surface area contributed by atoms with Crippen molar-refractivity contribution in [3.8, 4) is 0 Å². The molecule has 0 unspecified atom stereocenters. The highest BCUT2D eigenvalue weighted by Crippen LogP contribution is 2.31. The fourth-order valence-electron chi connectivity index (χ4n) is 2.10. The van der Waals surface area contributed by atoms with E-state index in [9.17, 15) is 9.59 Å². The van der Waals surface area contributed by atoms with Gasteiger partial charge in [-0.3, -0.25) is 9.59 Å². The standard InChI is InChI=1S/C11H18O3/c1-7-4-5-9(10(7)12)6-8(2)11(13)14-3/h7-9H,4-6H2,1-3H3/t7-,8-,9-/m1/s1. The lowest BCUT2D eigenvalue weighted by Gasteiger charge is -2.13. The van der Waals surface area contributed by atoms with Gasteiger partial charge in [-0.1, -0.05) is 13.8 Å². The average Bonchev–Trinajstić information content (AvgIpc) is 2.48. The van der Waals surface area contributed by atoms with Crippen molar-refractivity contribution < 1.29 is 14.3 Å². The van der Waals surface area contributed by atoms with Gasteiger partial charge in [0.05, 0.1) is 13.0 Å². The van der Waals surface area contributed by atoms with Crippen LogP contribution in [0, 0.1) is 17.8 Å². The highest BCUT2D eigenvalue weighted by atomic mass is 16.5. The fourth-order valence-corrected chi connectivity index (χ4v) is 2.10. The smallest absolute Gasteiger partial charge is 0.308 e. The van der Waals surface area contributed by atoms with Crippen LogP contribution in [0.15, 0.2) is 0 Å². The summed E-state index contributed by atoms with van der Waals surface area (Å²) < 4.78 is 4.63. The molecule has 0 saturated heterocycles. The van der Waals surface area contributed by atoms with Crippen LogP contribution in [-0.2, 0) is 14.3 Å². The minimum atomic E-state index is -0.211. The predicted molar refractivity (Wildman–Crippen MR) is 52.7 cm³/mol. The lowest BCUT2D eigenvalue weighted by atomic mass is 9.93. The van der Waals surface area contributed by atoms with Gasteiger partial charge >= 0.3 is 5.97 Å². The van der Waals surface area contributed by atoms with Crippen LogP contribution in [-0.4, -0.2) is 18.9 Å². The molecule has 0 N–H and O–H groups in total. The minimum Gasteiger partial charge on any atom is -0.469 e. The Morgan fingerprint density at radius 2 is 2.21 bits per heavy atom. The van der Waals surface area contributed by atoms with Crippen LogP contribution in [0.5, 0.6) is 0 Å². The summed E-state index contributed by atoms with van der Waals surface area (Å²) in [5.41, 5.74) is 0. The molecule has 0 bridgehead atoms. The zero-order valence-corrected chi connectivity index (χ0v) is 9.08. The van der Waals surface area contributed by atoms with E-state index in [0.717, 1.165) is 12.8 Å². The Kier molecular flexibility index (Phi) is 3.67. The van der Waals surface area contributed by atoms with Crippen LogP contribution >= 0.6 is 0 Å². The van der Waals surface area contributed by atoms with Gasteiger partial charge in [0.1, 0.15) is 5.78 Å². The number of carbonyl (C=O) groups is 2. The topological polar surface area (TPSA) is 43.4 Å². The first-order valence-electron chi connectivity index (χ1n) is 5.17. The second kappa shape index (κ2) is 4.58. The highest BCUT2D eigenvalue weighted by Gasteiger charge is 2.33. The summed E-state index contributed by atoms with van der Waals surface area (Å²) in [5, 5.41) is 0. The van der Waals surface area contributed by atoms with E-state index in [1.165, 1.54) is 7.11 Å². The van der Waals surface area contributed by atoms with Gasteiger partial charge in [0.2, 0.25) is 0 Å². The summed E-state index contributed by atoms with van der Waals surface area (Å²) in [6, 6.07) is 0. The predicted octanol–water partition coefficient (Wildman–Crippen LogP) is 1.80. The first-order valence-corrected chi connectivity index (χ1v) is 5.17. The van der Waals surface area contributed by atoms with Crippen LogP contribution in [0.3, 0.4) is 0 Å². The van der Waals surface area contributed by atoms with E-state index in [4.69, 9.17) is 0 Å². The van der Waals surface area contributed by atoms with Crippen molar-refractivity contribution in [1.29, 1.82) is 0 Å². The molecule has 1 rings (SSSR count). The summed E-state index contributed by atoms with van der Waals surface area (Å²) in [5.74, 6) is 0.223. The van der Waals surface area contributed by atoms with Gasteiger partial charge < -0.3 is 4.74 Å². The van der Waals surface area contributed by atoms with E-state index < -0.39 is 0 Å². The molecule has 0 aliphatic heterocycles. The molecule has 0 heterocycles. The first-order chi connectivity index (χ1) is 6.56. The molecular formula is C11H18O3. The molecule has 0 aromatic carbocycles. The number of hydrogen-bond acceptors (Lipinski definition) is 3. The third-order valence-electron chi connectivity index (χ3n) is 3.08. The lowest BCUT2D eigenvalue weighted by molar-refractivity contribution is -0.145. The van der Waals surface area contributed by atoms with Crippen molar-refractivity contribution in [1.82, 2.24) is 0 Å². The average molecular weight is 198 g/mol. The number of hydrogen-bond donors (Lipinski definition) is 0. The quantitative estimate of drug-likeness (QED) is 0.649. The van der Waals surface area contributed by atoms with Gasteiger partial charge in [0, 0.05) is 11.8 Å². The van der Waals surface area contributed by atoms with Crippen molar-refractivity contribution in [3.63, 3.8) is 0 Å². The second-order valence-corrected chi connectivity index (χ2v) is 4.24. The molecule has 14 heavy (non-hydrogen) atoms. The molecule has 1 saturated carbocycles. The summed E-state index contributed by atoms with van der Waals surface area (Å²) >= 11 is 0. The van der Waals surface area contributed by atoms with Crippen LogP contribution in [0.25, 0.3) is 0 Å². The number of rotatable bonds is 3. The molecule has 3 heteroatoms. The number of ketones is 1. The van der Waals surface area contributed by atoms with Gasteiger partial charge in [-0.15, -0.1) is 0 Å². The Bertz CT molecular complexity index is 235. The monoisotopic (exact) mass is 198 g/mol. The summed E-state index contributed by atoms with van der Waals surface area (Å²) in [6.07, 6.45) is 2.55. The summed E-state index contributed by atoms with van der Waals surface area (Å²) in [7, 11) is 1.39. The lowest BCUT2D eigenvalue weighted by Crippen LogP contribution is -2.20. The Hall–Kier alpha value is -0.860. The van der Waals surface area contributed by atoms with E-state index in [1.54, 1.807) is 0 Å². The van der Waals surface area contributed by atoms with Crippen LogP contribution in [0.2, 0.25) is 0 Å². The van der Waals surface area contributed by atoms with E-state index >= 15 is 0 Å². The van der Waals surface area contributed by atoms with Gasteiger partial charge in [-0.2, -0.15) is 0 Å². The molecule has 1 aliphatic carbocycles. The van der Waals surface area contributed by atoms with Crippen molar-refractivity contribution in [2.45, 2.75) is 33.1 Å². The second-order valence-electron chi connectivity index (χ2n) is 4.24. The van der Waals surface area contributed by atoms with E-state index in [2.05, 4.69) is 4.74 Å². The molecule has 0 aromatic heterocycles. The number of ether oxygens (including phenoxy) is 1. The van der Waals surface area contributed by atoms with Crippen molar-refractivity contribution in [2.75, 3.05) is 7.11 Å². The van der Waals surface area contributed by atoms with Gasteiger partial charge in [0.15, 0.2) is 0 Å². The number of carbonyl (C=O) groups excluding carboxylic acids is 2. The summed E-state index contributed by atoms with van der Waals surface area (Å²) in [6.45, 7) is 3.78. The van der Waals surface area contributed by atoms with Crippen LogP contribution < -0.4 is 0 Å². The van der Waals surface area contributed by atoms with E-state index in [-0.39, 0.29) is 23.7 Å². The van der Waals surface area contributed by atoms with Crippen molar-refractivity contribution >= 4 is 11.8 Å². The molecular weight excluding hydrogens is 180 g/mol. The molecule has 0 radical (unpaired) electrons. The largest absolute Gasteiger partial charge is 0.469 e. The molecule has 0 spiro atoms. The molecule has 1 fully saturated rings. The van der Waals surface area contributed by atoms with E-state index in [1.807, 2.05) is 13.8 Å². The molecule has 3 atom stereocenters.